The maximum absolute atomic E-state index is 13.0. The van der Waals surface area contributed by atoms with Gasteiger partial charge in [0.05, 0.1) is 17.3 Å². The molecule has 0 bridgehead atoms. The zero-order valence-corrected chi connectivity index (χ0v) is 16.6. The number of carbonyl (C=O) groups is 2. The van der Waals surface area contributed by atoms with Crippen molar-refractivity contribution in [2.24, 2.45) is 5.10 Å². The molecule has 1 N–H and O–H groups in total. The summed E-state index contributed by atoms with van der Waals surface area (Å²) in [5, 5.41) is 18.4. The van der Waals surface area contributed by atoms with Crippen LogP contribution < -0.4 is 0 Å². The van der Waals surface area contributed by atoms with Gasteiger partial charge in [0.1, 0.15) is 5.75 Å². The summed E-state index contributed by atoms with van der Waals surface area (Å²) < 4.78 is 0.816. The molecule has 140 valence electrons. The van der Waals surface area contributed by atoms with Crippen molar-refractivity contribution in [1.29, 1.82) is 0 Å². The van der Waals surface area contributed by atoms with Crippen molar-refractivity contribution in [3.8, 4) is 5.75 Å². The average Bonchev–Trinajstić information content (AvgIpc) is 2.74. The minimum absolute atomic E-state index is 0.0239. The van der Waals surface area contributed by atoms with E-state index in [1.807, 2.05) is 30.3 Å². The molecule has 0 radical (unpaired) electrons. The SMILES string of the molecule is O=C1c2cccc3c(Br)ccc(c23)C(=O)N1N=Cc1c(O)ccc2ccccc12. The van der Waals surface area contributed by atoms with Crippen molar-refractivity contribution in [1.82, 2.24) is 5.01 Å². The Hall–Kier alpha value is -3.51. The third-order valence-electron chi connectivity index (χ3n) is 5.08. The molecule has 1 aliphatic heterocycles. The lowest BCUT2D eigenvalue weighted by Crippen LogP contribution is -2.36. The summed E-state index contributed by atoms with van der Waals surface area (Å²) >= 11 is 3.47. The first kappa shape index (κ1) is 17.6. The van der Waals surface area contributed by atoms with E-state index in [-0.39, 0.29) is 5.75 Å². The van der Waals surface area contributed by atoms with Gasteiger partial charge in [-0.05, 0) is 40.4 Å². The molecule has 1 aliphatic rings. The maximum Gasteiger partial charge on any atom is 0.282 e. The molecular weight excluding hydrogens is 432 g/mol. The number of imide groups is 1. The van der Waals surface area contributed by atoms with Crippen molar-refractivity contribution in [3.63, 3.8) is 0 Å². The summed E-state index contributed by atoms with van der Waals surface area (Å²) in [5.74, 6) is -0.972. The third-order valence-corrected chi connectivity index (χ3v) is 5.77. The van der Waals surface area contributed by atoms with Gasteiger partial charge in [-0.15, -0.1) is 0 Å². The number of fused-ring (bicyclic) bond motifs is 1. The highest BCUT2D eigenvalue weighted by atomic mass is 79.9. The van der Waals surface area contributed by atoms with Gasteiger partial charge >= 0.3 is 0 Å². The van der Waals surface area contributed by atoms with Crippen LogP contribution in [0.1, 0.15) is 26.3 Å². The fraction of sp³-hybridized carbons (Fsp3) is 0. The molecule has 29 heavy (non-hydrogen) atoms. The molecule has 5 nitrogen and oxygen atoms in total. The summed E-state index contributed by atoms with van der Waals surface area (Å²) in [4.78, 5) is 26.0. The van der Waals surface area contributed by atoms with Crippen LogP contribution in [0.3, 0.4) is 0 Å². The number of halogens is 1. The fourth-order valence-corrected chi connectivity index (χ4v) is 4.15. The quantitative estimate of drug-likeness (QED) is 0.345. The Morgan fingerprint density at radius 2 is 1.55 bits per heavy atom. The van der Waals surface area contributed by atoms with Crippen LogP contribution in [0, 0.1) is 0 Å². The van der Waals surface area contributed by atoms with Gasteiger partial charge in [0, 0.05) is 15.4 Å². The molecule has 0 spiro atoms. The van der Waals surface area contributed by atoms with Crippen molar-refractivity contribution in [3.05, 3.63) is 87.9 Å². The van der Waals surface area contributed by atoms with Gasteiger partial charge in [0.2, 0.25) is 0 Å². The summed E-state index contributed by atoms with van der Waals surface area (Å²) in [5.41, 5.74) is 1.28. The number of hydrazone groups is 1. The Morgan fingerprint density at radius 3 is 2.38 bits per heavy atom. The van der Waals surface area contributed by atoms with Crippen LogP contribution >= 0.6 is 15.9 Å². The lowest BCUT2D eigenvalue weighted by atomic mass is 9.95. The minimum Gasteiger partial charge on any atom is -0.507 e. The molecule has 4 aromatic carbocycles. The van der Waals surface area contributed by atoms with Crippen molar-refractivity contribution in [2.45, 2.75) is 0 Å². The van der Waals surface area contributed by atoms with E-state index in [1.165, 1.54) is 6.21 Å². The first-order valence-electron chi connectivity index (χ1n) is 8.91. The summed E-state index contributed by atoms with van der Waals surface area (Å²) in [6.45, 7) is 0. The molecule has 0 saturated heterocycles. The van der Waals surface area contributed by atoms with Crippen molar-refractivity contribution in [2.75, 3.05) is 0 Å². The van der Waals surface area contributed by atoms with E-state index in [0.717, 1.165) is 25.6 Å². The molecule has 5 rings (SSSR count). The first-order chi connectivity index (χ1) is 14.1. The van der Waals surface area contributed by atoms with Crippen LogP contribution in [-0.4, -0.2) is 28.1 Å². The smallest absolute Gasteiger partial charge is 0.282 e. The van der Waals surface area contributed by atoms with Gasteiger partial charge in [0.25, 0.3) is 11.8 Å². The monoisotopic (exact) mass is 444 g/mol. The second-order valence-corrected chi connectivity index (χ2v) is 7.56. The highest BCUT2D eigenvalue weighted by molar-refractivity contribution is 9.10. The maximum atomic E-state index is 13.0. The number of phenols is 1. The van der Waals surface area contributed by atoms with E-state index >= 15 is 0 Å². The number of nitrogens with zero attached hydrogens (tertiary/aromatic N) is 2. The number of benzene rings is 4. The minimum atomic E-state index is -0.498. The highest BCUT2D eigenvalue weighted by Gasteiger charge is 2.33. The largest absolute Gasteiger partial charge is 0.507 e. The molecule has 6 heteroatoms. The van der Waals surface area contributed by atoms with E-state index in [1.54, 1.807) is 36.4 Å². The van der Waals surface area contributed by atoms with Gasteiger partial charge in [-0.25, -0.2) is 0 Å². The molecule has 2 amide bonds. The molecule has 0 atom stereocenters. The number of hydrogen-bond donors (Lipinski definition) is 1. The Balaban J connectivity index is 1.64. The number of hydrogen-bond acceptors (Lipinski definition) is 4. The fourth-order valence-electron chi connectivity index (χ4n) is 3.69. The van der Waals surface area contributed by atoms with Crippen LogP contribution in [0.15, 0.2) is 76.3 Å². The molecule has 0 aliphatic carbocycles. The molecule has 0 saturated carbocycles. The Labute approximate surface area is 174 Å². The van der Waals surface area contributed by atoms with Gasteiger partial charge in [-0.1, -0.05) is 58.4 Å². The summed E-state index contributed by atoms with van der Waals surface area (Å²) in [6.07, 6.45) is 1.36. The second-order valence-electron chi connectivity index (χ2n) is 6.71. The number of amides is 2. The Morgan fingerprint density at radius 1 is 0.828 bits per heavy atom. The van der Waals surface area contributed by atoms with E-state index in [0.29, 0.717) is 22.1 Å². The topological polar surface area (TPSA) is 70.0 Å². The van der Waals surface area contributed by atoms with Crippen molar-refractivity contribution >= 4 is 55.5 Å². The lowest BCUT2D eigenvalue weighted by Gasteiger charge is -2.23. The Bertz CT molecular complexity index is 1360. The van der Waals surface area contributed by atoms with Gasteiger partial charge in [0.15, 0.2) is 0 Å². The molecule has 4 aromatic rings. The van der Waals surface area contributed by atoms with Gasteiger partial charge in [-0.3, -0.25) is 9.59 Å². The van der Waals surface area contributed by atoms with Crippen LogP contribution in [0.4, 0.5) is 0 Å². The standard InChI is InChI=1S/C23H13BrN2O3/c24-19-10-9-17-21-15(19)6-3-7-16(21)22(28)26(23(17)29)25-12-18-14-5-2-1-4-13(14)8-11-20(18)27/h1-12,27H. The second kappa shape index (κ2) is 6.53. The average molecular weight is 445 g/mol. The van der Waals surface area contributed by atoms with Gasteiger partial charge < -0.3 is 5.11 Å². The van der Waals surface area contributed by atoms with E-state index in [9.17, 15) is 14.7 Å². The molecule has 0 aromatic heterocycles. The first-order valence-corrected chi connectivity index (χ1v) is 9.70. The molecule has 0 fully saturated rings. The highest BCUT2D eigenvalue weighted by Crippen LogP contribution is 2.34. The van der Waals surface area contributed by atoms with Gasteiger partial charge in [-0.2, -0.15) is 10.1 Å². The van der Waals surface area contributed by atoms with E-state index in [4.69, 9.17) is 0 Å². The van der Waals surface area contributed by atoms with Crippen LogP contribution in [0.25, 0.3) is 21.5 Å². The normalized spacial score (nSPS) is 13.8. The van der Waals surface area contributed by atoms with Crippen LogP contribution in [-0.2, 0) is 0 Å². The van der Waals surface area contributed by atoms with E-state index in [2.05, 4.69) is 21.0 Å². The number of carbonyl (C=O) groups excluding carboxylic acids is 2. The molecule has 0 unspecified atom stereocenters. The lowest BCUT2D eigenvalue weighted by molar-refractivity contribution is 0.0616. The predicted molar refractivity (Wildman–Crippen MR) is 115 cm³/mol. The Kier molecular flexibility index (Phi) is 3.96. The number of phenolic OH excluding ortho intramolecular Hbond substituents is 1. The number of aromatic hydroxyl groups is 1. The van der Waals surface area contributed by atoms with Crippen molar-refractivity contribution < 1.29 is 14.7 Å². The zero-order valence-electron chi connectivity index (χ0n) is 15.0. The van der Waals surface area contributed by atoms with Crippen LogP contribution in [0.2, 0.25) is 0 Å². The zero-order chi connectivity index (χ0) is 20.1. The third kappa shape index (κ3) is 2.64. The summed E-state index contributed by atoms with van der Waals surface area (Å²) in [7, 11) is 0. The molecule has 1 heterocycles. The van der Waals surface area contributed by atoms with Crippen LogP contribution in [0.5, 0.6) is 5.75 Å². The molecular formula is C23H13BrN2O3. The number of rotatable bonds is 2. The predicted octanol–water partition coefficient (Wildman–Crippen LogP) is 5.09. The summed E-state index contributed by atoms with van der Waals surface area (Å²) in [6, 6.07) is 19.7. The van der Waals surface area contributed by atoms with E-state index < -0.39 is 11.8 Å².